The van der Waals surface area contributed by atoms with Gasteiger partial charge in [-0.2, -0.15) is 0 Å². The fraction of sp³-hybridized carbons (Fsp3) is 0.286. The number of hydrogen-bond acceptors (Lipinski definition) is 3. The van der Waals surface area contributed by atoms with Crippen molar-refractivity contribution in [2.75, 3.05) is 7.11 Å². The molecule has 0 aliphatic heterocycles. The molecule has 1 atom stereocenters. The van der Waals surface area contributed by atoms with Crippen LogP contribution in [0.2, 0.25) is 14.4 Å². The Balaban J connectivity index is 2.10. The van der Waals surface area contributed by atoms with Gasteiger partial charge in [-0.1, -0.05) is 34.8 Å². The third-order valence-electron chi connectivity index (χ3n) is 2.91. The molecule has 0 saturated heterocycles. The van der Waals surface area contributed by atoms with Gasteiger partial charge in [-0.25, -0.2) is 0 Å². The monoisotopic (exact) mass is 349 g/mol. The SMILES string of the molecule is COc1c(Cl)cc(Cl)cc1CNC(C)c1ccc(Cl)s1. The van der Waals surface area contributed by atoms with Gasteiger partial charge in [-0.15, -0.1) is 11.3 Å². The number of benzene rings is 1. The molecule has 0 aliphatic rings. The summed E-state index contributed by atoms with van der Waals surface area (Å²) in [6, 6.07) is 7.64. The van der Waals surface area contributed by atoms with Crippen molar-refractivity contribution in [3.8, 4) is 5.75 Å². The summed E-state index contributed by atoms with van der Waals surface area (Å²) in [5.74, 6) is 0.653. The molecule has 0 fully saturated rings. The molecule has 2 aromatic rings. The van der Waals surface area contributed by atoms with E-state index in [1.165, 1.54) is 4.88 Å². The van der Waals surface area contributed by atoms with Gasteiger partial charge in [0.2, 0.25) is 0 Å². The Bertz CT molecular complexity index is 600. The quantitative estimate of drug-likeness (QED) is 0.761. The molecule has 2 nitrogen and oxygen atoms in total. The summed E-state index contributed by atoms with van der Waals surface area (Å²) in [5.41, 5.74) is 0.930. The third-order valence-corrected chi connectivity index (χ3v) is 4.82. The van der Waals surface area contributed by atoms with Crippen LogP contribution < -0.4 is 10.1 Å². The van der Waals surface area contributed by atoms with E-state index in [-0.39, 0.29) is 6.04 Å². The van der Waals surface area contributed by atoms with Gasteiger partial charge in [-0.3, -0.25) is 0 Å². The Morgan fingerprint density at radius 1 is 1.25 bits per heavy atom. The van der Waals surface area contributed by atoms with Crippen LogP contribution in [0.1, 0.15) is 23.4 Å². The maximum atomic E-state index is 6.12. The molecule has 1 N–H and O–H groups in total. The summed E-state index contributed by atoms with van der Waals surface area (Å²) in [5, 5.41) is 4.53. The van der Waals surface area contributed by atoms with Gasteiger partial charge >= 0.3 is 0 Å². The van der Waals surface area contributed by atoms with Crippen LogP contribution in [-0.2, 0) is 6.54 Å². The first-order valence-corrected chi connectivity index (χ1v) is 7.97. The molecule has 0 spiro atoms. The van der Waals surface area contributed by atoms with Gasteiger partial charge in [0.05, 0.1) is 16.5 Å². The lowest BCUT2D eigenvalue weighted by molar-refractivity contribution is 0.406. The van der Waals surface area contributed by atoms with Crippen molar-refractivity contribution in [2.45, 2.75) is 19.5 Å². The van der Waals surface area contributed by atoms with Crippen molar-refractivity contribution in [3.05, 3.63) is 49.1 Å². The summed E-state index contributed by atoms with van der Waals surface area (Å²) in [4.78, 5) is 1.18. The standard InChI is InChI=1S/C14H14Cl3NOS/c1-8(12-3-4-13(17)20-12)18-7-9-5-10(15)6-11(16)14(9)19-2/h3-6,8,18H,7H2,1-2H3. The Hall–Kier alpha value is -0.450. The fourth-order valence-electron chi connectivity index (χ4n) is 1.90. The van der Waals surface area contributed by atoms with Gasteiger partial charge in [0.15, 0.2) is 0 Å². The molecule has 6 heteroatoms. The summed E-state index contributed by atoms with van der Waals surface area (Å²) < 4.78 is 6.11. The number of thiophene rings is 1. The topological polar surface area (TPSA) is 21.3 Å². The highest BCUT2D eigenvalue weighted by molar-refractivity contribution is 7.16. The maximum Gasteiger partial charge on any atom is 0.142 e. The molecule has 2 rings (SSSR count). The van der Waals surface area contributed by atoms with E-state index in [1.807, 2.05) is 18.2 Å². The van der Waals surface area contributed by atoms with Crippen LogP contribution in [-0.4, -0.2) is 7.11 Å². The summed E-state index contributed by atoms with van der Waals surface area (Å²) in [6.45, 7) is 2.70. The smallest absolute Gasteiger partial charge is 0.142 e. The minimum absolute atomic E-state index is 0.190. The van der Waals surface area contributed by atoms with Crippen LogP contribution >= 0.6 is 46.1 Å². The van der Waals surface area contributed by atoms with Gasteiger partial charge in [-0.05, 0) is 31.2 Å². The van der Waals surface area contributed by atoms with Gasteiger partial charge in [0.1, 0.15) is 5.75 Å². The first-order chi connectivity index (χ1) is 9.51. The molecule has 0 aliphatic carbocycles. The zero-order valence-corrected chi connectivity index (χ0v) is 14.1. The predicted molar refractivity (Wildman–Crippen MR) is 87.6 cm³/mol. The number of nitrogens with one attached hydrogen (secondary N) is 1. The van der Waals surface area contributed by atoms with E-state index in [4.69, 9.17) is 39.5 Å². The highest BCUT2D eigenvalue weighted by atomic mass is 35.5. The van der Waals surface area contributed by atoms with E-state index in [1.54, 1.807) is 24.5 Å². The minimum Gasteiger partial charge on any atom is -0.495 e. The number of halogens is 3. The van der Waals surface area contributed by atoms with Crippen LogP contribution in [0.5, 0.6) is 5.75 Å². The van der Waals surface area contributed by atoms with E-state index in [0.29, 0.717) is 22.3 Å². The molecule has 1 aromatic carbocycles. The predicted octanol–water partition coefficient (Wildman–Crippen LogP) is 5.57. The lowest BCUT2D eigenvalue weighted by Gasteiger charge is -2.15. The number of ether oxygens (including phenoxy) is 1. The van der Waals surface area contributed by atoms with Gasteiger partial charge in [0, 0.05) is 28.0 Å². The van der Waals surface area contributed by atoms with E-state index in [9.17, 15) is 0 Å². The number of methoxy groups -OCH3 is 1. The van der Waals surface area contributed by atoms with Gasteiger partial charge < -0.3 is 10.1 Å². The van der Waals surface area contributed by atoms with E-state index < -0.39 is 0 Å². The zero-order valence-electron chi connectivity index (χ0n) is 11.0. The largest absolute Gasteiger partial charge is 0.495 e. The third kappa shape index (κ3) is 3.80. The van der Waals surface area contributed by atoms with Crippen LogP contribution in [0.3, 0.4) is 0 Å². The summed E-state index contributed by atoms with van der Waals surface area (Å²) in [6.07, 6.45) is 0. The summed E-state index contributed by atoms with van der Waals surface area (Å²) >= 11 is 19.7. The molecule has 1 heterocycles. The maximum absolute atomic E-state index is 6.12. The van der Waals surface area contributed by atoms with Crippen molar-refractivity contribution in [2.24, 2.45) is 0 Å². The van der Waals surface area contributed by atoms with Crippen LogP contribution in [0.15, 0.2) is 24.3 Å². The zero-order chi connectivity index (χ0) is 14.7. The average Bonchev–Trinajstić information content (AvgIpc) is 2.82. The molecular weight excluding hydrogens is 337 g/mol. The molecule has 0 saturated carbocycles. The lowest BCUT2D eigenvalue weighted by Crippen LogP contribution is -2.17. The van der Waals surface area contributed by atoms with E-state index in [2.05, 4.69) is 12.2 Å². The highest BCUT2D eigenvalue weighted by Crippen LogP contribution is 2.33. The Labute approximate surface area is 137 Å². The van der Waals surface area contributed by atoms with E-state index >= 15 is 0 Å². The molecule has 1 aromatic heterocycles. The molecule has 1 unspecified atom stereocenters. The second kappa shape index (κ2) is 7.01. The van der Waals surface area contributed by atoms with E-state index in [0.717, 1.165) is 9.90 Å². The summed E-state index contributed by atoms with van der Waals surface area (Å²) in [7, 11) is 1.60. The van der Waals surface area contributed by atoms with Crippen molar-refractivity contribution in [3.63, 3.8) is 0 Å². The van der Waals surface area contributed by atoms with Crippen LogP contribution in [0, 0.1) is 0 Å². The molecule has 0 radical (unpaired) electrons. The normalized spacial score (nSPS) is 12.4. The van der Waals surface area contributed by atoms with Gasteiger partial charge in [0.25, 0.3) is 0 Å². The second-order valence-corrected chi connectivity index (χ2v) is 6.91. The van der Waals surface area contributed by atoms with Crippen molar-refractivity contribution < 1.29 is 4.74 Å². The Morgan fingerprint density at radius 3 is 2.60 bits per heavy atom. The molecule has 0 amide bonds. The molecule has 20 heavy (non-hydrogen) atoms. The van der Waals surface area contributed by atoms with Crippen molar-refractivity contribution in [1.82, 2.24) is 5.32 Å². The average molecular weight is 351 g/mol. The highest BCUT2D eigenvalue weighted by Gasteiger charge is 2.12. The minimum atomic E-state index is 0.190. The first kappa shape index (κ1) is 15.9. The lowest BCUT2D eigenvalue weighted by atomic mass is 10.1. The Morgan fingerprint density at radius 2 is 2.00 bits per heavy atom. The first-order valence-electron chi connectivity index (χ1n) is 6.01. The molecular formula is C14H14Cl3NOS. The Kier molecular flexibility index (Phi) is 5.58. The fourth-order valence-corrected chi connectivity index (χ4v) is 3.60. The van der Waals surface area contributed by atoms with Crippen LogP contribution in [0.4, 0.5) is 0 Å². The van der Waals surface area contributed by atoms with Crippen LogP contribution in [0.25, 0.3) is 0 Å². The van der Waals surface area contributed by atoms with Crippen molar-refractivity contribution in [1.29, 1.82) is 0 Å². The molecule has 0 bridgehead atoms. The second-order valence-electron chi connectivity index (χ2n) is 4.32. The number of hydrogen-bond donors (Lipinski definition) is 1. The molecule has 108 valence electrons. The number of rotatable bonds is 5. The van der Waals surface area contributed by atoms with Crippen molar-refractivity contribution >= 4 is 46.1 Å².